The first-order valence-electron chi connectivity index (χ1n) is 3.53. The minimum absolute atomic E-state index is 0.0838. The second kappa shape index (κ2) is 4.04. The molecule has 0 aliphatic carbocycles. The van der Waals surface area contributed by atoms with Crippen molar-refractivity contribution in [1.29, 1.82) is 0 Å². The van der Waals surface area contributed by atoms with E-state index in [1.54, 1.807) is 13.8 Å². The van der Waals surface area contributed by atoms with Crippen molar-refractivity contribution in [3.63, 3.8) is 0 Å². The van der Waals surface area contributed by atoms with E-state index in [9.17, 15) is 8.42 Å². The minimum Gasteiger partial charge on any atom is -0.392 e. The van der Waals surface area contributed by atoms with Gasteiger partial charge in [0.2, 0.25) is 10.0 Å². The fraction of sp³-hybridized carbons (Fsp3) is 1.00. The number of aliphatic hydroxyl groups is 1. The molecule has 0 saturated heterocycles. The highest BCUT2D eigenvalue weighted by atomic mass is 32.2. The summed E-state index contributed by atoms with van der Waals surface area (Å²) in [5.41, 5.74) is 0. The molecule has 11 heavy (non-hydrogen) atoms. The minimum atomic E-state index is -3.20. The van der Waals surface area contributed by atoms with Crippen LogP contribution in [-0.4, -0.2) is 31.4 Å². The molecule has 0 saturated carbocycles. The van der Waals surface area contributed by atoms with Crippen LogP contribution in [0.25, 0.3) is 0 Å². The molecule has 0 amide bonds. The van der Waals surface area contributed by atoms with Gasteiger partial charge in [0.15, 0.2) is 0 Å². The van der Waals surface area contributed by atoms with Gasteiger partial charge in [-0.2, -0.15) is 0 Å². The van der Waals surface area contributed by atoms with Gasteiger partial charge in [-0.1, -0.05) is 0 Å². The van der Waals surface area contributed by atoms with Gasteiger partial charge < -0.3 is 5.11 Å². The molecule has 4 nitrogen and oxygen atoms in total. The molecule has 2 N–H and O–H groups in total. The van der Waals surface area contributed by atoms with Gasteiger partial charge in [0.1, 0.15) is 0 Å². The average Bonchev–Trinajstić information content (AvgIpc) is 1.84. The van der Waals surface area contributed by atoms with E-state index in [1.165, 1.54) is 6.92 Å². The van der Waals surface area contributed by atoms with Crippen LogP contribution in [-0.2, 0) is 10.0 Å². The maximum atomic E-state index is 11.0. The Labute approximate surface area is 67.7 Å². The highest BCUT2D eigenvalue weighted by molar-refractivity contribution is 7.90. The van der Waals surface area contributed by atoms with Crippen LogP contribution in [0.4, 0.5) is 0 Å². The van der Waals surface area contributed by atoms with Gasteiger partial charge in [-0.15, -0.1) is 0 Å². The molecular formula is C6H15NO3S. The number of hydrogen-bond donors (Lipinski definition) is 2. The summed E-state index contributed by atoms with van der Waals surface area (Å²) in [6.45, 7) is 4.79. The summed E-state index contributed by atoms with van der Waals surface area (Å²) in [7, 11) is -3.20. The summed E-state index contributed by atoms with van der Waals surface area (Å²) in [6, 6.07) is 0. The molecule has 68 valence electrons. The first kappa shape index (κ1) is 10.9. The molecule has 0 rings (SSSR count). The fourth-order valence-electron chi connectivity index (χ4n) is 0.403. The summed E-state index contributed by atoms with van der Waals surface area (Å²) >= 11 is 0. The Hall–Kier alpha value is -0.130. The van der Waals surface area contributed by atoms with Crippen LogP contribution in [0, 0.1) is 0 Å². The Bertz CT molecular complexity index is 196. The third kappa shape index (κ3) is 4.34. The summed E-state index contributed by atoms with van der Waals surface area (Å²) in [6.07, 6.45) is -0.636. The van der Waals surface area contributed by atoms with Gasteiger partial charge in [-0.05, 0) is 20.8 Å². The molecule has 0 heterocycles. The Morgan fingerprint density at radius 3 is 2.09 bits per heavy atom. The van der Waals surface area contributed by atoms with E-state index >= 15 is 0 Å². The molecule has 0 aromatic heterocycles. The van der Waals surface area contributed by atoms with E-state index in [-0.39, 0.29) is 6.54 Å². The Balaban J connectivity index is 3.95. The smallest absolute Gasteiger partial charge is 0.214 e. The third-order valence-corrected chi connectivity index (χ3v) is 3.01. The van der Waals surface area contributed by atoms with Crippen LogP contribution >= 0.6 is 0 Å². The summed E-state index contributed by atoms with van der Waals surface area (Å²) < 4.78 is 24.3. The number of hydrogen-bond acceptors (Lipinski definition) is 3. The van der Waals surface area contributed by atoms with Crippen molar-refractivity contribution in [1.82, 2.24) is 4.72 Å². The molecule has 1 atom stereocenters. The highest BCUT2D eigenvalue weighted by Gasteiger charge is 2.14. The molecule has 0 aromatic rings. The van der Waals surface area contributed by atoms with Gasteiger partial charge >= 0.3 is 0 Å². The van der Waals surface area contributed by atoms with Crippen molar-refractivity contribution in [2.45, 2.75) is 32.1 Å². The van der Waals surface area contributed by atoms with Crippen molar-refractivity contribution in [2.24, 2.45) is 0 Å². The van der Waals surface area contributed by atoms with Crippen LogP contribution in [0.3, 0.4) is 0 Å². The molecule has 0 spiro atoms. The molecule has 0 unspecified atom stereocenters. The van der Waals surface area contributed by atoms with E-state index in [4.69, 9.17) is 5.11 Å². The fourth-order valence-corrected chi connectivity index (χ4v) is 1.21. The van der Waals surface area contributed by atoms with Crippen molar-refractivity contribution in [3.05, 3.63) is 0 Å². The van der Waals surface area contributed by atoms with Crippen LogP contribution in [0.15, 0.2) is 0 Å². The van der Waals surface area contributed by atoms with Crippen molar-refractivity contribution < 1.29 is 13.5 Å². The standard InChI is InChI=1S/C6H15NO3S/c1-5(2)11(9,10)7-4-6(3)8/h5-8H,4H2,1-3H3/t6-/m0/s1. The average molecular weight is 181 g/mol. The lowest BCUT2D eigenvalue weighted by Crippen LogP contribution is -2.35. The summed E-state index contributed by atoms with van der Waals surface area (Å²) in [4.78, 5) is 0. The molecule has 0 radical (unpaired) electrons. The number of nitrogens with one attached hydrogen (secondary N) is 1. The SMILES string of the molecule is CC(C)S(=O)(=O)NC[C@H](C)O. The number of aliphatic hydroxyl groups excluding tert-OH is 1. The quantitative estimate of drug-likeness (QED) is 0.625. The molecule has 0 aliphatic heterocycles. The maximum absolute atomic E-state index is 11.0. The summed E-state index contributed by atoms with van der Waals surface area (Å²) in [5.74, 6) is 0. The molecule has 0 aliphatic rings. The van der Waals surface area contributed by atoms with E-state index in [0.29, 0.717) is 0 Å². The van der Waals surface area contributed by atoms with Crippen LogP contribution in [0.1, 0.15) is 20.8 Å². The zero-order valence-corrected chi connectivity index (χ0v) is 7.85. The second-order valence-corrected chi connectivity index (χ2v) is 5.11. The Morgan fingerprint density at radius 1 is 1.36 bits per heavy atom. The van der Waals surface area contributed by atoms with Crippen molar-refractivity contribution >= 4 is 10.0 Å². The van der Waals surface area contributed by atoms with E-state index in [2.05, 4.69) is 4.72 Å². The van der Waals surface area contributed by atoms with Crippen LogP contribution in [0.2, 0.25) is 0 Å². The molecule has 0 fully saturated rings. The van der Waals surface area contributed by atoms with Crippen molar-refractivity contribution in [2.75, 3.05) is 6.54 Å². The van der Waals surface area contributed by atoms with Gasteiger partial charge in [0.25, 0.3) is 0 Å². The highest BCUT2D eigenvalue weighted by Crippen LogP contribution is 1.95. The monoisotopic (exact) mass is 181 g/mol. The molecule has 0 bridgehead atoms. The lowest BCUT2D eigenvalue weighted by Gasteiger charge is -2.10. The summed E-state index contributed by atoms with van der Waals surface area (Å²) in [5, 5.41) is 8.33. The first-order valence-corrected chi connectivity index (χ1v) is 5.07. The van der Waals surface area contributed by atoms with E-state index in [1.807, 2.05) is 0 Å². The zero-order valence-electron chi connectivity index (χ0n) is 7.03. The molecule has 5 heteroatoms. The number of rotatable bonds is 4. The topological polar surface area (TPSA) is 66.4 Å². The predicted octanol–water partition coefficient (Wildman–Crippen LogP) is -0.305. The largest absolute Gasteiger partial charge is 0.392 e. The normalized spacial score (nSPS) is 15.4. The maximum Gasteiger partial charge on any atom is 0.214 e. The third-order valence-electron chi connectivity index (χ3n) is 1.20. The predicted molar refractivity (Wildman–Crippen MR) is 43.7 cm³/mol. The molecule has 0 aromatic carbocycles. The second-order valence-electron chi connectivity index (χ2n) is 2.79. The lowest BCUT2D eigenvalue weighted by atomic mass is 10.4. The van der Waals surface area contributed by atoms with Crippen LogP contribution < -0.4 is 4.72 Å². The van der Waals surface area contributed by atoms with Crippen molar-refractivity contribution in [3.8, 4) is 0 Å². The first-order chi connectivity index (χ1) is 4.86. The zero-order chi connectivity index (χ0) is 9.07. The van der Waals surface area contributed by atoms with Crippen LogP contribution in [0.5, 0.6) is 0 Å². The van der Waals surface area contributed by atoms with Gasteiger partial charge in [-0.3, -0.25) is 0 Å². The Morgan fingerprint density at radius 2 is 1.82 bits per heavy atom. The number of sulfonamides is 1. The van der Waals surface area contributed by atoms with E-state index in [0.717, 1.165) is 0 Å². The van der Waals surface area contributed by atoms with Gasteiger partial charge in [0, 0.05) is 6.54 Å². The molecular weight excluding hydrogens is 166 g/mol. The van der Waals surface area contributed by atoms with Gasteiger partial charge in [0.05, 0.1) is 11.4 Å². The lowest BCUT2D eigenvalue weighted by molar-refractivity contribution is 0.198. The van der Waals surface area contributed by atoms with E-state index < -0.39 is 21.4 Å². The van der Waals surface area contributed by atoms with Gasteiger partial charge in [-0.25, -0.2) is 13.1 Å². The Kier molecular flexibility index (Phi) is 3.99.